The van der Waals surface area contributed by atoms with Crippen molar-refractivity contribution in [1.29, 1.82) is 0 Å². The second-order valence-electron chi connectivity index (χ2n) is 3.00. The summed E-state index contributed by atoms with van der Waals surface area (Å²) < 4.78 is 6.46. The van der Waals surface area contributed by atoms with Crippen molar-refractivity contribution in [1.82, 2.24) is 5.43 Å². The van der Waals surface area contributed by atoms with Gasteiger partial charge >= 0.3 is 0 Å². The summed E-state index contributed by atoms with van der Waals surface area (Å²) in [4.78, 5) is 0. The maximum atomic E-state index is 5.54. The molecule has 0 spiro atoms. The van der Waals surface area contributed by atoms with Gasteiger partial charge in [-0.1, -0.05) is 6.92 Å². The first-order chi connectivity index (χ1) is 6.74. The van der Waals surface area contributed by atoms with E-state index >= 15 is 0 Å². The second-order valence-corrected chi connectivity index (χ2v) is 4.60. The number of hydrazine groups is 1. The van der Waals surface area contributed by atoms with Crippen molar-refractivity contribution in [3.05, 3.63) is 20.8 Å². The quantitative estimate of drug-likeness (QED) is 0.643. The van der Waals surface area contributed by atoms with Gasteiger partial charge in [-0.05, 0) is 33.3 Å². The van der Waals surface area contributed by atoms with Crippen LogP contribution in [0.4, 0.5) is 0 Å². The number of methoxy groups -OCH3 is 1. The Labute approximate surface area is 96.7 Å². The lowest BCUT2D eigenvalue weighted by Gasteiger charge is -2.24. The third kappa shape index (κ3) is 2.55. The largest absolute Gasteiger partial charge is 0.379 e. The van der Waals surface area contributed by atoms with E-state index in [9.17, 15) is 0 Å². The Kier molecular flexibility index (Phi) is 5.05. The second kappa shape index (κ2) is 5.82. The predicted octanol–water partition coefficient (Wildman–Crippen LogP) is 2.44. The highest BCUT2D eigenvalue weighted by atomic mass is 79.9. The predicted molar refractivity (Wildman–Crippen MR) is 63.2 cm³/mol. The van der Waals surface area contributed by atoms with E-state index in [0.29, 0.717) is 0 Å². The van der Waals surface area contributed by atoms with Crippen LogP contribution in [0.15, 0.2) is 15.2 Å². The zero-order valence-corrected chi connectivity index (χ0v) is 10.7. The molecule has 0 fully saturated rings. The monoisotopic (exact) mass is 278 g/mol. The van der Waals surface area contributed by atoms with E-state index in [2.05, 4.69) is 33.7 Å². The van der Waals surface area contributed by atoms with Gasteiger partial charge in [-0.3, -0.25) is 11.3 Å². The SMILES string of the molecule is CCC(OC)C(NN)c1cscc1Br. The van der Waals surface area contributed by atoms with E-state index in [1.165, 1.54) is 0 Å². The van der Waals surface area contributed by atoms with Crippen LogP contribution >= 0.6 is 27.3 Å². The summed E-state index contributed by atoms with van der Waals surface area (Å²) in [6, 6.07) is 0.0469. The van der Waals surface area contributed by atoms with Crippen LogP contribution in [0.5, 0.6) is 0 Å². The van der Waals surface area contributed by atoms with Crippen LogP contribution in [0.3, 0.4) is 0 Å². The molecule has 0 aromatic carbocycles. The third-order valence-corrected chi connectivity index (χ3v) is 3.99. The molecule has 0 bridgehead atoms. The van der Waals surface area contributed by atoms with Gasteiger partial charge in [0.05, 0.1) is 12.1 Å². The van der Waals surface area contributed by atoms with E-state index in [1.54, 1.807) is 18.4 Å². The summed E-state index contributed by atoms with van der Waals surface area (Å²) in [5.74, 6) is 5.54. The Morgan fingerprint density at radius 3 is 2.71 bits per heavy atom. The molecule has 80 valence electrons. The molecule has 1 rings (SSSR count). The molecule has 0 aliphatic rings. The summed E-state index contributed by atoms with van der Waals surface area (Å²) >= 11 is 5.14. The van der Waals surface area contributed by atoms with Gasteiger partial charge in [-0.25, -0.2) is 0 Å². The lowest BCUT2D eigenvalue weighted by Crippen LogP contribution is -2.37. The zero-order valence-electron chi connectivity index (χ0n) is 8.29. The van der Waals surface area contributed by atoms with Crippen LogP contribution in [-0.2, 0) is 4.74 Å². The molecule has 0 radical (unpaired) electrons. The van der Waals surface area contributed by atoms with E-state index in [0.717, 1.165) is 16.5 Å². The van der Waals surface area contributed by atoms with Crippen molar-refractivity contribution in [2.24, 2.45) is 5.84 Å². The van der Waals surface area contributed by atoms with Crippen molar-refractivity contribution in [3.63, 3.8) is 0 Å². The molecule has 5 heteroatoms. The van der Waals surface area contributed by atoms with E-state index < -0.39 is 0 Å². The first-order valence-corrected chi connectivity index (χ1v) is 6.18. The highest BCUT2D eigenvalue weighted by Gasteiger charge is 2.22. The zero-order chi connectivity index (χ0) is 10.6. The van der Waals surface area contributed by atoms with Crippen molar-refractivity contribution in [2.75, 3.05) is 7.11 Å². The van der Waals surface area contributed by atoms with Crippen molar-refractivity contribution < 1.29 is 4.74 Å². The van der Waals surface area contributed by atoms with Crippen LogP contribution in [-0.4, -0.2) is 13.2 Å². The first kappa shape index (κ1) is 12.1. The van der Waals surface area contributed by atoms with Gasteiger partial charge in [-0.2, -0.15) is 11.3 Å². The topological polar surface area (TPSA) is 47.3 Å². The molecule has 0 aliphatic carbocycles. The lowest BCUT2D eigenvalue weighted by atomic mass is 10.0. The Morgan fingerprint density at radius 2 is 2.36 bits per heavy atom. The highest BCUT2D eigenvalue weighted by Crippen LogP contribution is 2.30. The van der Waals surface area contributed by atoms with Crippen molar-refractivity contribution in [3.8, 4) is 0 Å². The van der Waals surface area contributed by atoms with Crippen molar-refractivity contribution >= 4 is 27.3 Å². The molecule has 0 saturated carbocycles. The van der Waals surface area contributed by atoms with Crippen molar-refractivity contribution in [2.45, 2.75) is 25.5 Å². The Bertz CT molecular complexity index is 276. The first-order valence-electron chi connectivity index (χ1n) is 4.45. The molecule has 0 saturated heterocycles. The van der Waals surface area contributed by atoms with E-state index in [1.807, 2.05) is 5.38 Å². The minimum atomic E-state index is 0.0469. The Balaban J connectivity index is 2.86. The number of thiophene rings is 1. The fourth-order valence-electron chi connectivity index (χ4n) is 1.45. The molecule has 1 heterocycles. The number of hydrogen-bond donors (Lipinski definition) is 2. The molecule has 1 aromatic heterocycles. The average Bonchev–Trinajstić information content (AvgIpc) is 2.61. The van der Waals surface area contributed by atoms with Crippen LogP contribution in [0.2, 0.25) is 0 Å². The standard InChI is InChI=1S/C9H15BrN2OS/c1-3-8(13-2)9(12-11)6-4-14-5-7(6)10/h4-5,8-9,12H,3,11H2,1-2H3. The summed E-state index contributed by atoms with van der Waals surface area (Å²) in [7, 11) is 1.71. The van der Waals surface area contributed by atoms with Crippen LogP contribution < -0.4 is 11.3 Å². The van der Waals surface area contributed by atoms with E-state index in [-0.39, 0.29) is 12.1 Å². The lowest BCUT2D eigenvalue weighted by molar-refractivity contribution is 0.0650. The fraction of sp³-hybridized carbons (Fsp3) is 0.556. The number of nitrogens with one attached hydrogen (secondary N) is 1. The molecule has 14 heavy (non-hydrogen) atoms. The van der Waals surface area contributed by atoms with E-state index in [4.69, 9.17) is 10.6 Å². The summed E-state index contributed by atoms with van der Waals surface area (Å²) in [5, 5.41) is 4.12. The normalized spacial score (nSPS) is 15.4. The minimum absolute atomic E-state index is 0.0469. The van der Waals surface area contributed by atoms with Crippen LogP contribution in [0.25, 0.3) is 0 Å². The number of ether oxygens (including phenoxy) is 1. The maximum absolute atomic E-state index is 5.54. The third-order valence-electron chi connectivity index (χ3n) is 2.23. The van der Waals surface area contributed by atoms with Gasteiger partial charge in [0.2, 0.25) is 0 Å². The highest BCUT2D eigenvalue weighted by molar-refractivity contribution is 9.10. The average molecular weight is 279 g/mol. The molecule has 3 N–H and O–H groups in total. The molecule has 1 aromatic rings. The molecule has 2 unspecified atom stereocenters. The minimum Gasteiger partial charge on any atom is -0.379 e. The molecule has 2 atom stereocenters. The summed E-state index contributed by atoms with van der Waals surface area (Å²) in [5.41, 5.74) is 3.96. The Hall–Kier alpha value is 0.0600. The van der Waals surface area contributed by atoms with Gasteiger partial charge in [0.25, 0.3) is 0 Å². The van der Waals surface area contributed by atoms with Gasteiger partial charge in [0, 0.05) is 17.0 Å². The number of hydrogen-bond acceptors (Lipinski definition) is 4. The number of nitrogens with two attached hydrogens (primary N) is 1. The molecule has 3 nitrogen and oxygen atoms in total. The van der Waals surface area contributed by atoms with Gasteiger partial charge < -0.3 is 4.74 Å². The number of halogens is 1. The molecule has 0 aliphatic heterocycles. The molecular formula is C9H15BrN2OS. The van der Waals surface area contributed by atoms with Crippen LogP contribution in [0, 0.1) is 0 Å². The van der Waals surface area contributed by atoms with Gasteiger partial charge in [0.1, 0.15) is 0 Å². The number of rotatable bonds is 5. The molecule has 0 amide bonds. The van der Waals surface area contributed by atoms with Gasteiger partial charge in [-0.15, -0.1) is 0 Å². The van der Waals surface area contributed by atoms with Gasteiger partial charge in [0.15, 0.2) is 0 Å². The maximum Gasteiger partial charge on any atom is 0.0777 e. The molecular weight excluding hydrogens is 264 g/mol. The smallest absolute Gasteiger partial charge is 0.0777 e. The summed E-state index contributed by atoms with van der Waals surface area (Å²) in [6.45, 7) is 2.08. The Morgan fingerprint density at radius 1 is 1.64 bits per heavy atom. The fourth-order valence-corrected chi connectivity index (χ4v) is 3.03. The summed E-state index contributed by atoms with van der Waals surface area (Å²) in [6.07, 6.45) is 1.03. The van der Waals surface area contributed by atoms with Crippen LogP contribution in [0.1, 0.15) is 24.9 Å².